The van der Waals surface area contributed by atoms with Gasteiger partial charge in [-0.15, -0.1) is 0 Å². The number of carbonyl (C=O) groups is 1. The Morgan fingerprint density at radius 1 is 1.23 bits per heavy atom. The largest absolute Gasteiger partial charge is 0.459 e. The van der Waals surface area contributed by atoms with Crippen molar-refractivity contribution >= 4 is 27.6 Å². The molecule has 0 spiro atoms. The van der Waals surface area contributed by atoms with Crippen LogP contribution in [0.25, 0.3) is 0 Å². The molecule has 0 N–H and O–H groups in total. The Morgan fingerprint density at radius 2 is 1.86 bits per heavy atom. The molecule has 0 bridgehead atoms. The van der Waals surface area contributed by atoms with Gasteiger partial charge in [-0.25, -0.2) is 13.2 Å². The second-order valence-corrected chi connectivity index (χ2v) is 7.88. The first-order valence-electron chi connectivity index (χ1n) is 7.33. The van der Waals surface area contributed by atoms with Crippen LogP contribution in [0.2, 0.25) is 5.02 Å². The molecule has 0 aliphatic carbocycles. The molecule has 5 nitrogen and oxygen atoms in total. The molecular weight excluding hydrogens is 326 g/mol. The van der Waals surface area contributed by atoms with E-state index in [-0.39, 0.29) is 21.6 Å². The van der Waals surface area contributed by atoms with Crippen molar-refractivity contribution in [3.63, 3.8) is 0 Å². The van der Waals surface area contributed by atoms with Crippen LogP contribution >= 0.6 is 11.6 Å². The number of halogens is 1. The summed E-state index contributed by atoms with van der Waals surface area (Å²) in [6.07, 6.45) is 2.43. The van der Waals surface area contributed by atoms with Gasteiger partial charge in [0, 0.05) is 13.1 Å². The summed E-state index contributed by atoms with van der Waals surface area (Å²) in [5, 5.41) is 0.117. The average molecular weight is 346 g/mol. The molecule has 1 aliphatic rings. The molecule has 0 unspecified atom stereocenters. The summed E-state index contributed by atoms with van der Waals surface area (Å²) >= 11 is 6.05. The minimum absolute atomic E-state index is 0.0331. The summed E-state index contributed by atoms with van der Waals surface area (Å²) in [4.78, 5) is 11.9. The van der Waals surface area contributed by atoms with Crippen LogP contribution in [0.5, 0.6) is 0 Å². The van der Waals surface area contributed by atoms with Gasteiger partial charge in [0.1, 0.15) is 4.90 Å². The van der Waals surface area contributed by atoms with E-state index in [1.807, 2.05) is 0 Å². The fourth-order valence-electron chi connectivity index (χ4n) is 2.35. The minimum Gasteiger partial charge on any atom is -0.459 e. The number of carbonyl (C=O) groups excluding carboxylic acids is 1. The van der Waals surface area contributed by atoms with Gasteiger partial charge in [-0.05, 0) is 44.9 Å². The molecule has 1 aromatic rings. The lowest BCUT2D eigenvalue weighted by Crippen LogP contribution is -2.35. The van der Waals surface area contributed by atoms with Gasteiger partial charge in [0.15, 0.2) is 0 Å². The van der Waals surface area contributed by atoms with E-state index in [0.29, 0.717) is 13.1 Å². The predicted molar refractivity (Wildman–Crippen MR) is 84.6 cm³/mol. The van der Waals surface area contributed by atoms with E-state index in [2.05, 4.69) is 0 Å². The zero-order chi connectivity index (χ0) is 16.3. The van der Waals surface area contributed by atoms with Crippen LogP contribution in [0.3, 0.4) is 0 Å². The lowest BCUT2D eigenvalue weighted by molar-refractivity contribution is 0.0377. The van der Waals surface area contributed by atoms with Crippen LogP contribution in [0, 0.1) is 0 Å². The van der Waals surface area contributed by atoms with Gasteiger partial charge in [-0.1, -0.05) is 18.0 Å². The molecule has 122 valence electrons. The summed E-state index contributed by atoms with van der Waals surface area (Å²) in [7, 11) is -3.68. The molecule has 7 heteroatoms. The Kier molecular flexibility index (Phi) is 5.47. The molecule has 0 aromatic heterocycles. The van der Waals surface area contributed by atoms with Crippen molar-refractivity contribution < 1.29 is 17.9 Å². The van der Waals surface area contributed by atoms with Crippen LogP contribution in [-0.4, -0.2) is 37.9 Å². The second kappa shape index (κ2) is 6.98. The minimum atomic E-state index is -3.68. The number of piperidine rings is 1. The van der Waals surface area contributed by atoms with Crippen LogP contribution in [0.1, 0.15) is 43.5 Å². The molecule has 22 heavy (non-hydrogen) atoms. The zero-order valence-corrected chi connectivity index (χ0v) is 14.3. The van der Waals surface area contributed by atoms with Gasteiger partial charge < -0.3 is 4.74 Å². The number of sulfonamides is 1. The van der Waals surface area contributed by atoms with E-state index < -0.39 is 16.0 Å². The van der Waals surface area contributed by atoms with Crippen molar-refractivity contribution in [3.05, 3.63) is 28.8 Å². The van der Waals surface area contributed by atoms with Gasteiger partial charge >= 0.3 is 5.97 Å². The van der Waals surface area contributed by atoms with Gasteiger partial charge in [-0.2, -0.15) is 4.31 Å². The lowest BCUT2D eigenvalue weighted by Gasteiger charge is -2.26. The molecule has 1 heterocycles. The smallest absolute Gasteiger partial charge is 0.338 e. The zero-order valence-electron chi connectivity index (χ0n) is 12.7. The number of ether oxygens (including phenoxy) is 1. The van der Waals surface area contributed by atoms with Crippen LogP contribution in [-0.2, 0) is 14.8 Å². The third kappa shape index (κ3) is 3.80. The first kappa shape index (κ1) is 17.2. The van der Waals surface area contributed by atoms with E-state index in [1.54, 1.807) is 13.8 Å². The molecule has 1 aliphatic heterocycles. The van der Waals surface area contributed by atoms with Gasteiger partial charge in [-0.3, -0.25) is 0 Å². The average Bonchev–Trinajstić information content (AvgIpc) is 2.47. The van der Waals surface area contributed by atoms with E-state index in [1.165, 1.54) is 22.5 Å². The maximum Gasteiger partial charge on any atom is 0.338 e. The SMILES string of the molecule is CC(C)OC(=O)c1ccc(Cl)c(S(=O)(=O)N2CCCCC2)c1. The van der Waals surface area contributed by atoms with Gasteiger partial charge in [0.2, 0.25) is 10.0 Å². The molecule has 0 amide bonds. The standard InChI is InChI=1S/C15H20ClNO4S/c1-11(2)21-15(18)12-6-7-13(16)14(10-12)22(19,20)17-8-4-3-5-9-17/h6-7,10-11H,3-5,8-9H2,1-2H3. The molecule has 2 rings (SSSR count). The van der Waals surface area contributed by atoms with Crippen molar-refractivity contribution in [2.75, 3.05) is 13.1 Å². The van der Waals surface area contributed by atoms with Crippen LogP contribution in [0.15, 0.2) is 23.1 Å². The number of benzene rings is 1. The highest BCUT2D eigenvalue weighted by Gasteiger charge is 2.29. The van der Waals surface area contributed by atoms with Crippen molar-refractivity contribution in [1.82, 2.24) is 4.31 Å². The topological polar surface area (TPSA) is 63.7 Å². The van der Waals surface area contributed by atoms with Crippen molar-refractivity contribution in [2.45, 2.75) is 44.1 Å². The fraction of sp³-hybridized carbons (Fsp3) is 0.533. The molecule has 0 radical (unpaired) electrons. The Labute approximate surface area is 136 Å². The monoisotopic (exact) mass is 345 g/mol. The quantitative estimate of drug-likeness (QED) is 0.787. The third-order valence-electron chi connectivity index (χ3n) is 3.44. The molecule has 1 fully saturated rings. The lowest BCUT2D eigenvalue weighted by atomic mass is 10.2. The molecule has 0 saturated carbocycles. The Bertz CT molecular complexity index is 652. The summed E-state index contributed by atoms with van der Waals surface area (Å²) < 4.78 is 31.9. The molecule has 1 aromatic carbocycles. The van der Waals surface area contributed by atoms with Crippen molar-refractivity contribution in [1.29, 1.82) is 0 Å². The molecular formula is C15H20ClNO4S. The van der Waals surface area contributed by atoms with Crippen LogP contribution in [0.4, 0.5) is 0 Å². The number of hydrogen-bond donors (Lipinski definition) is 0. The van der Waals surface area contributed by atoms with Gasteiger partial charge in [0.25, 0.3) is 0 Å². The first-order valence-corrected chi connectivity index (χ1v) is 9.15. The van der Waals surface area contributed by atoms with E-state index in [4.69, 9.17) is 16.3 Å². The van der Waals surface area contributed by atoms with Gasteiger partial charge in [0.05, 0.1) is 16.7 Å². The molecule has 0 atom stereocenters. The van der Waals surface area contributed by atoms with Crippen LogP contribution < -0.4 is 0 Å². The van der Waals surface area contributed by atoms with E-state index in [0.717, 1.165) is 19.3 Å². The Hall–Kier alpha value is -1.11. The highest BCUT2D eigenvalue weighted by Crippen LogP contribution is 2.28. The number of esters is 1. The Morgan fingerprint density at radius 3 is 2.45 bits per heavy atom. The number of hydrogen-bond acceptors (Lipinski definition) is 4. The normalized spacial score (nSPS) is 16.7. The molecule has 1 saturated heterocycles. The maximum absolute atomic E-state index is 12.7. The maximum atomic E-state index is 12.7. The Balaban J connectivity index is 2.35. The van der Waals surface area contributed by atoms with E-state index >= 15 is 0 Å². The summed E-state index contributed by atoms with van der Waals surface area (Å²) in [5.74, 6) is -0.554. The number of nitrogens with zero attached hydrogens (tertiary/aromatic N) is 1. The third-order valence-corrected chi connectivity index (χ3v) is 5.82. The van der Waals surface area contributed by atoms with Crippen molar-refractivity contribution in [3.8, 4) is 0 Å². The summed E-state index contributed by atoms with van der Waals surface area (Å²) in [5.41, 5.74) is 0.189. The number of rotatable bonds is 4. The highest BCUT2D eigenvalue weighted by molar-refractivity contribution is 7.89. The van der Waals surface area contributed by atoms with E-state index in [9.17, 15) is 13.2 Å². The highest BCUT2D eigenvalue weighted by atomic mass is 35.5. The van der Waals surface area contributed by atoms with Crippen molar-refractivity contribution in [2.24, 2.45) is 0 Å². The predicted octanol–water partition coefficient (Wildman–Crippen LogP) is 3.08. The summed E-state index contributed by atoms with van der Waals surface area (Å²) in [6.45, 7) is 4.44. The first-order chi connectivity index (χ1) is 10.3. The summed E-state index contributed by atoms with van der Waals surface area (Å²) in [6, 6.07) is 4.20. The second-order valence-electron chi connectivity index (χ2n) is 5.56. The fourth-order valence-corrected chi connectivity index (χ4v) is 4.37.